The quantitative estimate of drug-likeness (QED) is 0.646. The molecule has 0 bridgehead atoms. The van der Waals surface area contributed by atoms with Crippen LogP contribution in [-0.4, -0.2) is 28.6 Å². The van der Waals surface area contributed by atoms with Crippen LogP contribution in [0.4, 0.5) is 0 Å². The number of hydrogen-bond donors (Lipinski definition) is 1. The zero-order valence-electron chi connectivity index (χ0n) is 17.4. The molecular formula is C22H36O4. The molecule has 0 aromatic heterocycles. The molecule has 0 amide bonds. The Bertz CT molecular complexity index is 626. The van der Waals surface area contributed by atoms with Gasteiger partial charge in [0, 0.05) is 19.3 Å². The van der Waals surface area contributed by atoms with Crippen LogP contribution in [0, 0.1) is 28.1 Å². The Balaban J connectivity index is 1.73. The number of carbonyl (C=O) groups excluding carboxylic acids is 1. The predicted molar refractivity (Wildman–Crippen MR) is 99.3 cm³/mol. The van der Waals surface area contributed by atoms with Gasteiger partial charge in [-0.05, 0) is 61.2 Å². The van der Waals surface area contributed by atoms with Gasteiger partial charge in [-0.1, -0.05) is 27.7 Å². The summed E-state index contributed by atoms with van der Waals surface area (Å²) in [6.07, 6.45) is 6.36. The van der Waals surface area contributed by atoms with Crippen molar-refractivity contribution in [1.29, 1.82) is 0 Å². The lowest BCUT2D eigenvalue weighted by Crippen LogP contribution is -2.63. The zero-order valence-corrected chi connectivity index (χ0v) is 17.4. The number of ether oxygens (including phenoxy) is 2. The van der Waals surface area contributed by atoms with Gasteiger partial charge in [-0.3, -0.25) is 4.79 Å². The van der Waals surface area contributed by atoms with E-state index < -0.39 is 11.4 Å². The maximum absolute atomic E-state index is 12.4. The number of cyclic esters (lactones) is 1. The normalized spacial score (nSPS) is 52.3. The number of aliphatic hydroxyl groups excluding tert-OH is 1. The first-order chi connectivity index (χ1) is 11.9. The van der Waals surface area contributed by atoms with Gasteiger partial charge in [0.05, 0.1) is 18.1 Å². The monoisotopic (exact) mass is 364 g/mol. The molecule has 0 unspecified atom stereocenters. The van der Waals surface area contributed by atoms with E-state index in [2.05, 4.69) is 27.7 Å². The van der Waals surface area contributed by atoms with E-state index in [0.717, 1.165) is 38.5 Å². The first-order valence-corrected chi connectivity index (χ1v) is 10.5. The van der Waals surface area contributed by atoms with Gasteiger partial charge in [0.25, 0.3) is 0 Å². The molecule has 4 aliphatic rings. The fourth-order valence-electron chi connectivity index (χ4n) is 7.93. The Morgan fingerprint density at radius 2 is 1.58 bits per heavy atom. The van der Waals surface area contributed by atoms with E-state index in [1.54, 1.807) is 0 Å². The third-order valence-corrected chi connectivity index (χ3v) is 9.14. The van der Waals surface area contributed by atoms with Gasteiger partial charge in [-0.15, -0.1) is 0 Å². The fourth-order valence-corrected chi connectivity index (χ4v) is 7.93. The Morgan fingerprint density at radius 1 is 0.923 bits per heavy atom. The van der Waals surface area contributed by atoms with Crippen LogP contribution >= 0.6 is 0 Å². The van der Waals surface area contributed by atoms with E-state index in [-0.39, 0.29) is 28.3 Å². The van der Waals surface area contributed by atoms with Crippen molar-refractivity contribution in [3.63, 3.8) is 0 Å². The van der Waals surface area contributed by atoms with E-state index >= 15 is 0 Å². The van der Waals surface area contributed by atoms with Gasteiger partial charge >= 0.3 is 5.97 Å². The third kappa shape index (κ3) is 2.24. The molecule has 0 aromatic carbocycles. The summed E-state index contributed by atoms with van der Waals surface area (Å²) in [6.45, 7) is 13.1. The molecule has 148 valence electrons. The minimum atomic E-state index is -0.840. The van der Waals surface area contributed by atoms with Crippen LogP contribution in [0.5, 0.6) is 0 Å². The molecule has 0 radical (unpaired) electrons. The number of carbonyl (C=O) groups is 1. The maximum atomic E-state index is 12.4. The standard InChI is InChI=1S/C22H36O4/c1-18(2)14-7-11-21(6)15(20(14,5)10-9-16(18)23)8-12-22(21)13-17(24)25-19(3,4)26-22/h14-16,23H,7-13H2,1-6H3/t14-,15+,16-,20-,21+,22+/m0/s1. The van der Waals surface area contributed by atoms with Crippen LogP contribution in [0.1, 0.15) is 86.5 Å². The maximum Gasteiger partial charge on any atom is 0.311 e. The molecule has 1 saturated heterocycles. The van der Waals surface area contributed by atoms with Crippen molar-refractivity contribution in [2.75, 3.05) is 0 Å². The minimum absolute atomic E-state index is 0.00661. The Hall–Kier alpha value is -0.610. The highest BCUT2D eigenvalue weighted by molar-refractivity contribution is 5.72. The summed E-state index contributed by atoms with van der Waals surface area (Å²) in [5, 5.41) is 10.7. The number of hydrogen-bond acceptors (Lipinski definition) is 4. The molecule has 0 aromatic rings. The lowest BCUT2D eigenvalue weighted by Gasteiger charge is -2.64. The van der Waals surface area contributed by atoms with E-state index in [4.69, 9.17) is 9.47 Å². The molecule has 4 heteroatoms. The van der Waals surface area contributed by atoms with Crippen LogP contribution < -0.4 is 0 Å². The third-order valence-electron chi connectivity index (χ3n) is 9.14. The van der Waals surface area contributed by atoms with Gasteiger partial charge in [0.1, 0.15) is 0 Å². The van der Waals surface area contributed by atoms with Crippen molar-refractivity contribution < 1.29 is 19.4 Å². The number of fused-ring (bicyclic) bond motifs is 4. The Labute approximate surface area is 158 Å². The van der Waals surface area contributed by atoms with Crippen LogP contribution in [0.3, 0.4) is 0 Å². The summed E-state index contributed by atoms with van der Waals surface area (Å²) in [5.41, 5.74) is -0.248. The Kier molecular flexibility index (Phi) is 3.79. The fraction of sp³-hybridized carbons (Fsp3) is 0.955. The second kappa shape index (κ2) is 5.26. The highest BCUT2D eigenvalue weighted by Crippen LogP contribution is 2.72. The summed E-state index contributed by atoms with van der Waals surface area (Å²) in [4.78, 5) is 12.4. The summed E-state index contributed by atoms with van der Waals surface area (Å²) in [5.74, 6) is 0.0973. The van der Waals surface area contributed by atoms with Crippen molar-refractivity contribution in [2.24, 2.45) is 28.1 Å². The predicted octanol–water partition coefficient (Wildman–Crippen LogP) is 4.44. The molecule has 3 aliphatic carbocycles. The van der Waals surface area contributed by atoms with Crippen molar-refractivity contribution >= 4 is 5.97 Å². The molecule has 1 spiro atoms. The van der Waals surface area contributed by atoms with Gasteiger partial charge in [0.15, 0.2) is 0 Å². The first kappa shape index (κ1) is 18.7. The van der Waals surface area contributed by atoms with E-state index in [1.807, 2.05) is 13.8 Å². The number of esters is 1. The van der Waals surface area contributed by atoms with Gasteiger partial charge in [0.2, 0.25) is 5.79 Å². The average Bonchev–Trinajstić information content (AvgIpc) is 2.75. The highest BCUT2D eigenvalue weighted by Gasteiger charge is 2.70. The van der Waals surface area contributed by atoms with Crippen molar-refractivity contribution in [1.82, 2.24) is 0 Å². The van der Waals surface area contributed by atoms with Crippen molar-refractivity contribution in [3.8, 4) is 0 Å². The van der Waals surface area contributed by atoms with Crippen molar-refractivity contribution in [2.45, 2.75) is 104 Å². The molecular weight excluding hydrogens is 328 g/mol. The summed E-state index contributed by atoms with van der Waals surface area (Å²) < 4.78 is 12.0. The topological polar surface area (TPSA) is 55.8 Å². The van der Waals surface area contributed by atoms with Crippen molar-refractivity contribution in [3.05, 3.63) is 0 Å². The molecule has 4 rings (SSSR count). The lowest BCUT2D eigenvalue weighted by atomic mass is 9.42. The van der Waals surface area contributed by atoms with Gasteiger partial charge in [-0.2, -0.15) is 0 Å². The Morgan fingerprint density at radius 3 is 2.23 bits per heavy atom. The number of aliphatic hydroxyl groups is 1. The molecule has 4 nitrogen and oxygen atoms in total. The molecule has 6 atom stereocenters. The average molecular weight is 365 g/mol. The second-order valence-corrected chi connectivity index (χ2v) is 11.1. The molecule has 1 aliphatic heterocycles. The molecule has 4 fully saturated rings. The van der Waals surface area contributed by atoms with E-state index in [0.29, 0.717) is 18.3 Å². The molecule has 1 N–H and O–H groups in total. The SMILES string of the molecule is CC1(C)OC(=O)C[C@@]2(CC[C@@H]3[C@@]4(C)CC[C@H](O)C(C)(C)[C@@H]4CC[C@]32C)O1. The minimum Gasteiger partial charge on any atom is -0.434 e. The van der Waals surface area contributed by atoms with E-state index in [9.17, 15) is 9.90 Å². The smallest absolute Gasteiger partial charge is 0.311 e. The van der Waals surface area contributed by atoms with Crippen LogP contribution in [0.25, 0.3) is 0 Å². The largest absolute Gasteiger partial charge is 0.434 e. The highest BCUT2D eigenvalue weighted by atomic mass is 16.7. The molecule has 1 heterocycles. The van der Waals surface area contributed by atoms with Gasteiger partial charge < -0.3 is 14.6 Å². The van der Waals surface area contributed by atoms with E-state index in [1.165, 1.54) is 0 Å². The summed E-state index contributed by atoms with van der Waals surface area (Å²) in [7, 11) is 0. The summed E-state index contributed by atoms with van der Waals surface area (Å²) in [6, 6.07) is 0. The first-order valence-electron chi connectivity index (χ1n) is 10.5. The molecule has 26 heavy (non-hydrogen) atoms. The number of rotatable bonds is 0. The second-order valence-electron chi connectivity index (χ2n) is 11.1. The lowest BCUT2D eigenvalue weighted by molar-refractivity contribution is -0.320. The van der Waals surface area contributed by atoms with Crippen LogP contribution in [0.2, 0.25) is 0 Å². The molecule has 3 saturated carbocycles. The summed E-state index contributed by atoms with van der Waals surface area (Å²) >= 11 is 0. The van der Waals surface area contributed by atoms with Gasteiger partial charge in [-0.25, -0.2) is 0 Å². The van der Waals surface area contributed by atoms with Crippen LogP contribution in [0.15, 0.2) is 0 Å². The van der Waals surface area contributed by atoms with Crippen LogP contribution in [-0.2, 0) is 14.3 Å². The zero-order chi connectivity index (χ0) is 19.2.